The number of aromatic nitrogens is 3. The van der Waals surface area contributed by atoms with E-state index in [4.69, 9.17) is 0 Å². The van der Waals surface area contributed by atoms with Crippen molar-refractivity contribution in [1.29, 1.82) is 0 Å². The lowest BCUT2D eigenvalue weighted by molar-refractivity contribution is -0.129. The zero-order chi connectivity index (χ0) is 18.6. The number of piperidine rings is 1. The van der Waals surface area contributed by atoms with Crippen LogP contribution < -0.4 is 0 Å². The van der Waals surface area contributed by atoms with Gasteiger partial charge in [0.25, 0.3) is 0 Å². The predicted octanol–water partition coefficient (Wildman–Crippen LogP) is 3.68. The highest BCUT2D eigenvalue weighted by molar-refractivity contribution is 7.99. The van der Waals surface area contributed by atoms with Crippen molar-refractivity contribution in [2.75, 3.05) is 18.8 Å². The molecule has 4 rings (SSSR count). The molecule has 0 aliphatic carbocycles. The van der Waals surface area contributed by atoms with Gasteiger partial charge in [-0.3, -0.25) is 9.20 Å². The minimum absolute atomic E-state index is 0.228. The molecule has 6 heteroatoms. The Hall–Kier alpha value is -2.34. The molecular formula is C21H24N4OS. The first-order valence-corrected chi connectivity index (χ1v) is 10.6. The Morgan fingerprint density at radius 1 is 1.22 bits per heavy atom. The molecule has 0 saturated carbocycles. The average Bonchev–Trinajstić information content (AvgIpc) is 3.12. The van der Waals surface area contributed by atoms with Crippen molar-refractivity contribution < 1.29 is 4.79 Å². The van der Waals surface area contributed by atoms with Crippen molar-refractivity contribution in [2.24, 2.45) is 0 Å². The molecule has 1 unspecified atom stereocenters. The molecule has 140 valence electrons. The highest BCUT2D eigenvalue weighted by Crippen LogP contribution is 2.26. The molecule has 3 heterocycles. The molecule has 27 heavy (non-hydrogen) atoms. The number of thioether (sulfide) groups is 1. The van der Waals surface area contributed by atoms with Gasteiger partial charge in [0, 0.05) is 31.0 Å². The first-order chi connectivity index (χ1) is 13.2. The zero-order valence-electron chi connectivity index (χ0n) is 15.5. The molecule has 1 aromatic carbocycles. The van der Waals surface area contributed by atoms with Gasteiger partial charge in [-0.05, 0) is 37.5 Å². The molecule has 1 atom stereocenters. The fourth-order valence-electron chi connectivity index (χ4n) is 3.70. The van der Waals surface area contributed by atoms with Gasteiger partial charge in [-0.2, -0.15) is 0 Å². The van der Waals surface area contributed by atoms with E-state index in [1.165, 1.54) is 11.1 Å². The smallest absolute Gasteiger partial charge is 0.232 e. The van der Waals surface area contributed by atoms with E-state index in [1.54, 1.807) is 11.8 Å². The number of pyridine rings is 1. The van der Waals surface area contributed by atoms with Gasteiger partial charge in [0.05, 0.1) is 5.75 Å². The van der Waals surface area contributed by atoms with Gasteiger partial charge >= 0.3 is 0 Å². The Kier molecular flexibility index (Phi) is 5.43. The lowest BCUT2D eigenvalue weighted by atomic mass is 9.97. The molecule has 1 saturated heterocycles. The van der Waals surface area contributed by atoms with Crippen LogP contribution in [0, 0.1) is 6.92 Å². The Morgan fingerprint density at radius 3 is 3.04 bits per heavy atom. The first-order valence-electron chi connectivity index (χ1n) is 9.41. The molecule has 1 fully saturated rings. The quantitative estimate of drug-likeness (QED) is 0.678. The third-order valence-corrected chi connectivity index (χ3v) is 6.04. The second-order valence-electron chi connectivity index (χ2n) is 7.15. The molecule has 1 aliphatic rings. The molecule has 1 aliphatic heterocycles. The van der Waals surface area contributed by atoms with Crippen LogP contribution in [-0.4, -0.2) is 44.2 Å². The van der Waals surface area contributed by atoms with Crippen LogP contribution in [-0.2, 0) is 10.5 Å². The van der Waals surface area contributed by atoms with Crippen LogP contribution in [0.15, 0.2) is 48.7 Å². The number of fused-ring (bicyclic) bond motifs is 1. The van der Waals surface area contributed by atoms with Crippen LogP contribution in [0.25, 0.3) is 5.65 Å². The summed E-state index contributed by atoms with van der Waals surface area (Å²) in [6.45, 7) is 3.68. The summed E-state index contributed by atoms with van der Waals surface area (Å²) in [6.07, 6.45) is 4.07. The van der Waals surface area contributed by atoms with E-state index in [2.05, 4.69) is 41.4 Å². The maximum absolute atomic E-state index is 12.7. The molecule has 0 bridgehead atoms. The van der Waals surface area contributed by atoms with Crippen molar-refractivity contribution in [3.8, 4) is 0 Å². The maximum atomic E-state index is 12.7. The summed E-state index contributed by atoms with van der Waals surface area (Å²) in [7, 11) is 0. The van der Waals surface area contributed by atoms with Crippen LogP contribution in [0.1, 0.15) is 35.7 Å². The van der Waals surface area contributed by atoms with Crippen LogP contribution in [0.5, 0.6) is 0 Å². The number of rotatable bonds is 5. The lowest BCUT2D eigenvalue weighted by Gasteiger charge is -2.32. The van der Waals surface area contributed by atoms with Crippen molar-refractivity contribution in [3.63, 3.8) is 0 Å². The minimum atomic E-state index is 0.228. The van der Waals surface area contributed by atoms with E-state index in [0.717, 1.165) is 43.2 Å². The van der Waals surface area contributed by atoms with E-state index < -0.39 is 0 Å². The third kappa shape index (κ3) is 4.16. The van der Waals surface area contributed by atoms with E-state index in [1.807, 2.05) is 33.7 Å². The zero-order valence-corrected chi connectivity index (χ0v) is 16.4. The Balaban J connectivity index is 1.35. The molecule has 2 aromatic heterocycles. The molecule has 1 amide bonds. The van der Waals surface area contributed by atoms with Gasteiger partial charge in [0.1, 0.15) is 5.82 Å². The molecular weight excluding hydrogens is 356 g/mol. The fraction of sp³-hybridized carbons (Fsp3) is 0.381. The van der Waals surface area contributed by atoms with Gasteiger partial charge in [0.15, 0.2) is 5.65 Å². The number of aryl methyl sites for hydroxylation is 1. The number of carbonyl (C=O) groups excluding carboxylic acids is 1. The summed E-state index contributed by atoms with van der Waals surface area (Å²) in [5, 5.41) is 8.65. The topological polar surface area (TPSA) is 50.5 Å². The third-order valence-electron chi connectivity index (χ3n) is 5.06. The Labute approximate surface area is 163 Å². The van der Waals surface area contributed by atoms with E-state index in [-0.39, 0.29) is 11.8 Å². The summed E-state index contributed by atoms with van der Waals surface area (Å²) in [6, 6.07) is 14.4. The standard InChI is InChI=1S/C21H24N4OS/c1-16-6-4-7-17(12-16)14-27-15-20(26)24-10-5-8-18(13-24)21-23-22-19-9-2-3-11-25(19)21/h2-4,6-7,9,11-12,18H,5,8,10,13-15H2,1H3. The minimum Gasteiger partial charge on any atom is -0.341 e. The van der Waals surface area contributed by atoms with E-state index in [9.17, 15) is 4.79 Å². The molecule has 3 aromatic rings. The monoisotopic (exact) mass is 380 g/mol. The number of nitrogens with zero attached hydrogens (tertiary/aromatic N) is 4. The highest BCUT2D eigenvalue weighted by atomic mass is 32.2. The van der Waals surface area contributed by atoms with Crippen LogP contribution >= 0.6 is 11.8 Å². The van der Waals surface area contributed by atoms with Gasteiger partial charge in [-0.15, -0.1) is 22.0 Å². The summed E-state index contributed by atoms with van der Waals surface area (Å²) >= 11 is 1.69. The van der Waals surface area contributed by atoms with E-state index in [0.29, 0.717) is 5.75 Å². The Bertz CT molecular complexity index is 939. The average molecular weight is 381 g/mol. The predicted molar refractivity (Wildman–Crippen MR) is 109 cm³/mol. The molecule has 0 radical (unpaired) electrons. The van der Waals surface area contributed by atoms with Gasteiger partial charge < -0.3 is 4.90 Å². The summed E-state index contributed by atoms with van der Waals surface area (Å²) in [5.41, 5.74) is 3.41. The second kappa shape index (κ2) is 8.13. The van der Waals surface area contributed by atoms with Gasteiger partial charge in [-0.1, -0.05) is 35.9 Å². The maximum Gasteiger partial charge on any atom is 0.232 e. The SMILES string of the molecule is Cc1cccc(CSCC(=O)N2CCCC(c3nnc4ccccn34)C2)c1. The molecule has 0 spiro atoms. The largest absolute Gasteiger partial charge is 0.341 e. The van der Waals surface area contributed by atoms with Crippen molar-refractivity contribution in [1.82, 2.24) is 19.5 Å². The van der Waals surface area contributed by atoms with Gasteiger partial charge in [0.2, 0.25) is 5.91 Å². The number of amides is 1. The van der Waals surface area contributed by atoms with Gasteiger partial charge in [-0.25, -0.2) is 0 Å². The normalized spacial score (nSPS) is 17.4. The van der Waals surface area contributed by atoms with Crippen LogP contribution in [0.4, 0.5) is 0 Å². The summed E-state index contributed by atoms with van der Waals surface area (Å²) < 4.78 is 2.05. The highest BCUT2D eigenvalue weighted by Gasteiger charge is 2.27. The summed E-state index contributed by atoms with van der Waals surface area (Å²) in [4.78, 5) is 14.7. The van der Waals surface area contributed by atoms with E-state index >= 15 is 0 Å². The number of carbonyl (C=O) groups is 1. The molecule has 5 nitrogen and oxygen atoms in total. The number of benzene rings is 1. The molecule has 0 N–H and O–H groups in total. The van der Waals surface area contributed by atoms with Crippen molar-refractivity contribution >= 4 is 23.3 Å². The lowest BCUT2D eigenvalue weighted by Crippen LogP contribution is -2.40. The van der Waals surface area contributed by atoms with Crippen molar-refractivity contribution in [3.05, 3.63) is 65.6 Å². The second-order valence-corrected chi connectivity index (χ2v) is 8.13. The number of likely N-dealkylation sites (tertiary alicyclic amines) is 1. The fourth-order valence-corrected chi connectivity index (χ4v) is 4.58. The van der Waals surface area contributed by atoms with Crippen LogP contribution in [0.2, 0.25) is 0 Å². The number of hydrogen-bond acceptors (Lipinski definition) is 4. The first kappa shape index (κ1) is 18.0. The van der Waals surface area contributed by atoms with Crippen LogP contribution in [0.3, 0.4) is 0 Å². The van der Waals surface area contributed by atoms with Crippen molar-refractivity contribution in [2.45, 2.75) is 31.4 Å². The number of hydrogen-bond donors (Lipinski definition) is 0. The Morgan fingerprint density at radius 2 is 2.15 bits per heavy atom. The summed E-state index contributed by atoms with van der Waals surface area (Å²) in [5.74, 6) is 2.85.